The molecule has 1 aromatic carbocycles. The summed E-state index contributed by atoms with van der Waals surface area (Å²) in [7, 11) is 0. The first kappa shape index (κ1) is 13.3. The maximum atomic E-state index is 11.4. The predicted molar refractivity (Wildman–Crippen MR) is 73.0 cm³/mol. The predicted octanol–water partition coefficient (Wildman–Crippen LogP) is -0.342. The number of anilines is 1. The summed E-state index contributed by atoms with van der Waals surface area (Å²) in [5.41, 5.74) is 6.97. The number of aromatic nitrogens is 2. The molecule has 1 saturated heterocycles. The third-order valence-corrected chi connectivity index (χ3v) is 3.08. The van der Waals surface area contributed by atoms with Gasteiger partial charge in [0.15, 0.2) is 0 Å². The lowest BCUT2D eigenvalue weighted by atomic mass is 10.1. The van der Waals surface area contributed by atoms with Gasteiger partial charge in [0, 0.05) is 11.3 Å². The molecule has 0 atom stereocenters. The number of hydrogen-bond donors (Lipinski definition) is 2. The zero-order valence-electron chi connectivity index (χ0n) is 11.1. The molecule has 3 rings (SSSR count). The average molecular weight is 287 g/mol. The smallest absolute Gasteiger partial charge is 0.246 e. The maximum absolute atomic E-state index is 11.4. The Kier molecular flexibility index (Phi) is 3.36. The fraction of sp³-hybridized carbons (Fsp3) is 0.231. The lowest BCUT2D eigenvalue weighted by molar-refractivity contribution is -0.130. The Morgan fingerprint density at radius 2 is 1.86 bits per heavy atom. The molecule has 2 heterocycles. The molecule has 8 heteroatoms. The highest BCUT2D eigenvalue weighted by Gasteiger charge is 2.22. The molecule has 1 aliphatic heterocycles. The van der Waals surface area contributed by atoms with Crippen molar-refractivity contribution in [3.63, 3.8) is 0 Å². The second-order valence-corrected chi connectivity index (χ2v) is 4.59. The molecular weight excluding hydrogens is 274 g/mol. The number of carbonyl (C=O) groups excluding carboxylic acids is 2. The third-order valence-electron chi connectivity index (χ3n) is 3.08. The van der Waals surface area contributed by atoms with Crippen LogP contribution in [0, 0.1) is 0 Å². The average Bonchev–Trinajstić information content (AvgIpc) is 2.95. The van der Waals surface area contributed by atoms with Crippen molar-refractivity contribution in [2.24, 2.45) is 5.73 Å². The first-order valence-corrected chi connectivity index (χ1v) is 6.36. The molecule has 2 aromatic rings. The van der Waals surface area contributed by atoms with E-state index in [1.807, 2.05) is 0 Å². The number of piperazine rings is 1. The first-order chi connectivity index (χ1) is 10.2. The highest BCUT2D eigenvalue weighted by atomic mass is 16.5. The second-order valence-electron chi connectivity index (χ2n) is 4.59. The molecule has 8 nitrogen and oxygen atoms in total. The molecule has 0 bridgehead atoms. The largest absolute Gasteiger partial charge is 0.353 e. The van der Waals surface area contributed by atoms with Gasteiger partial charge in [-0.15, -0.1) is 0 Å². The van der Waals surface area contributed by atoms with E-state index < -0.39 is 0 Å². The molecule has 3 N–H and O–H groups in total. The number of nitrogens with two attached hydrogens (primary N) is 1. The lowest BCUT2D eigenvalue weighted by Gasteiger charge is -2.27. The van der Waals surface area contributed by atoms with Crippen LogP contribution < -0.4 is 16.0 Å². The Hall–Kier alpha value is -2.74. The van der Waals surface area contributed by atoms with Crippen molar-refractivity contribution in [3.05, 3.63) is 30.2 Å². The monoisotopic (exact) mass is 287 g/mol. The van der Waals surface area contributed by atoms with Gasteiger partial charge in [-0.05, 0) is 24.3 Å². The normalized spacial score (nSPS) is 15.2. The van der Waals surface area contributed by atoms with Gasteiger partial charge in [-0.3, -0.25) is 14.9 Å². The summed E-state index contributed by atoms with van der Waals surface area (Å²) in [6.07, 6.45) is 0. The van der Waals surface area contributed by atoms with Crippen molar-refractivity contribution in [2.75, 3.05) is 18.0 Å². The number of nitrogens with zero attached hydrogens (tertiary/aromatic N) is 3. The van der Waals surface area contributed by atoms with E-state index in [0.29, 0.717) is 11.7 Å². The number of benzene rings is 1. The van der Waals surface area contributed by atoms with Gasteiger partial charge in [0.05, 0.1) is 19.6 Å². The van der Waals surface area contributed by atoms with Crippen molar-refractivity contribution >= 4 is 17.5 Å². The number of nitrogens with one attached hydrogen (secondary N) is 1. The Bertz CT molecular complexity index is 663. The standard InChI is InChI=1S/C13H13N5O3/c14-5-12-16-13(17-21-12)8-1-3-9(4-2-8)18-6-10(19)15-11(20)7-18/h1-4H,5-7,14H2,(H,15,19,20). The zero-order valence-corrected chi connectivity index (χ0v) is 11.1. The Balaban J connectivity index is 1.80. The molecule has 2 amide bonds. The van der Waals surface area contributed by atoms with Gasteiger partial charge in [-0.2, -0.15) is 4.98 Å². The minimum absolute atomic E-state index is 0.157. The molecular formula is C13H13N5O3. The number of hydrogen-bond acceptors (Lipinski definition) is 7. The highest BCUT2D eigenvalue weighted by Crippen LogP contribution is 2.21. The second kappa shape index (κ2) is 5.33. The van der Waals surface area contributed by atoms with Gasteiger partial charge in [0.2, 0.25) is 23.5 Å². The van der Waals surface area contributed by atoms with E-state index in [2.05, 4.69) is 15.5 Å². The van der Waals surface area contributed by atoms with E-state index >= 15 is 0 Å². The van der Waals surface area contributed by atoms with Crippen molar-refractivity contribution in [1.82, 2.24) is 15.5 Å². The lowest BCUT2D eigenvalue weighted by Crippen LogP contribution is -2.51. The van der Waals surface area contributed by atoms with E-state index in [9.17, 15) is 9.59 Å². The number of imide groups is 1. The third kappa shape index (κ3) is 2.75. The van der Waals surface area contributed by atoms with E-state index in [0.717, 1.165) is 11.3 Å². The molecule has 0 radical (unpaired) electrons. The van der Waals surface area contributed by atoms with Crippen LogP contribution in [-0.4, -0.2) is 35.0 Å². The van der Waals surface area contributed by atoms with Gasteiger partial charge in [-0.1, -0.05) is 5.16 Å². The molecule has 0 spiro atoms. The highest BCUT2D eigenvalue weighted by molar-refractivity contribution is 6.02. The van der Waals surface area contributed by atoms with E-state index in [4.69, 9.17) is 10.3 Å². The molecule has 0 unspecified atom stereocenters. The molecule has 108 valence electrons. The summed E-state index contributed by atoms with van der Waals surface area (Å²) in [5, 5.41) is 6.09. The van der Waals surface area contributed by atoms with Crippen LogP contribution in [0.3, 0.4) is 0 Å². The van der Waals surface area contributed by atoms with Gasteiger partial charge >= 0.3 is 0 Å². The summed E-state index contributed by atoms with van der Waals surface area (Å²) in [5.74, 6) is 0.212. The van der Waals surface area contributed by atoms with Gasteiger partial charge < -0.3 is 15.2 Å². The Morgan fingerprint density at radius 3 is 2.43 bits per heavy atom. The van der Waals surface area contributed by atoms with Crippen LogP contribution in [0.25, 0.3) is 11.4 Å². The van der Waals surface area contributed by atoms with E-state index in [-0.39, 0.29) is 31.4 Å². The summed E-state index contributed by atoms with van der Waals surface area (Å²) in [6.45, 7) is 0.505. The first-order valence-electron chi connectivity index (χ1n) is 6.36. The van der Waals surface area contributed by atoms with Crippen molar-refractivity contribution in [2.45, 2.75) is 6.54 Å². The SMILES string of the molecule is NCc1nc(-c2ccc(N3CC(=O)NC(=O)C3)cc2)no1. The molecule has 1 aliphatic rings. The fourth-order valence-electron chi connectivity index (χ4n) is 2.10. The number of rotatable bonds is 3. The number of amides is 2. The minimum atomic E-state index is -0.305. The summed E-state index contributed by atoms with van der Waals surface area (Å²) in [4.78, 5) is 28.6. The fourth-order valence-corrected chi connectivity index (χ4v) is 2.10. The summed E-state index contributed by atoms with van der Waals surface area (Å²) < 4.78 is 4.95. The Morgan fingerprint density at radius 1 is 1.19 bits per heavy atom. The van der Waals surface area contributed by atoms with Crippen LogP contribution >= 0.6 is 0 Å². The van der Waals surface area contributed by atoms with Crippen molar-refractivity contribution < 1.29 is 14.1 Å². The van der Waals surface area contributed by atoms with Crippen LogP contribution in [0.2, 0.25) is 0 Å². The van der Waals surface area contributed by atoms with E-state index in [1.165, 1.54) is 0 Å². The van der Waals surface area contributed by atoms with Crippen LogP contribution in [0.15, 0.2) is 28.8 Å². The molecule has 1 aromatic heterocycles. The van der Waals surface area contributed by atoms with Crippen LogP contribution in [0.5, 0.6) is 0 Å². The molecule has 1 fully saturated rings. The molecule has 0 saturated carbocycles. The molecule has 21 heavy (non-hydrogen) atoms. The van der Waals surface area contributed by atoms with Crippen LogP contribution in [0.1, 0.15) is 5.89 Å². The summed E-state index contributed by atoms with van der Waals surface area (Å²) in [6, 6.07) is 7.22. The van der Waals surface area contributed by atoms with Gasteiger partial charge in [0.25, 0.3) is 0 Å². The topological polar surface area (TPSA) is 114 Å². The van der Waals surface area contributed by atoms with E-state index in [1.54, 1.807) is 29.2 Å². The zero-order chi connectivity index (χ0) is 14.8. The van der Waals surface area contributed by atoms with Crippen molar-refractivity contribution in [3.8, 4) is 11.4 Å². The minimum Gasteiger partial charge on any atom is -0.353 e. The molecule has 0 aliphatic carbocycles. The van der Waals surface area contributed by atoms with Gasteiger partial charge in [-0.25, -0.2) is 0 Å². The van der Waals surface area contributed by atoms with Gasteiger partial charge in [0.1, 0.15) is 0 Å². The Labute approximate surface area is 119 Å². The number of carbonyl (C=O) groups is 2. The summed E-state index contributed by atoms with van der Waals surface area (Å²) >= 11 is 0. The van der Waals surface area contributed by atoms with Crippen LogP contribution in [-0.2, 0) is 16.1 Å². The maximum Gasteiger partial charge on any atom is 0.246 e. The quantitative estimate of drug-likeness (QED) is 0.742. The van der Waals surface area contributed by atoms with Crippen molar-refractivity contribution in [1.29, 1.82) is 0 Å². The van der Waals surface area contributed by atoms with Crippen LogP contribution in [0.4, 0.5) is 5.69 Å².